The van der Waals surface area contributed by atoms with Gasteiger partial charge < -0.3 is 10.6 Å². The molecule has 1 aromatic rings. The molecule has 3 nitrogen and oxygen atoms in total. The van der Waals surface area contributed by atoms with Crippen molar-refractivity contribution in [2.75, 3.05) is 13.1 Å². The Kier molecular flexibility index (Phi) is 6.64. The molecule has 128 valence electrons. The van der Waals surface area contributed by atoms with Gasteiger partial charge in [-0.1, -0.05) is 30.7 Å². The molecule has 1 fully saturated rings. The highest BCUT2D eigenvalue weighted by Gasteiger charge is 2.22. The first-order chi connectivity index (χ1) is 11.0. The standard InChI is InChI=1S/C20H32N2O/c1-14-5-6-19(15(2)11-14)13-17(4)22-20(23)12-16(3)18-7-9-21-10-8-18/h5-6,11,16-18,21H,7-10,12-13H2,1-4H3,(H,22,23). The average Bonchev–Trinajstić information content (AvgIpc) is 2.50. The third kappa shape index (κ3) is 5.65. The first kappa shape index (κ1) is 18.0. The summed E-state index contributed by atoms with van der Waals surface area (Å²) in [7, 11) is 0. The van der Waals surface area contributed by atoms with E-state index in [1.165, 1.54) is 29.5 Å². The minimum atomic E-state index is 0.184. The van der Waals surface area contributed by atoms with Gasteiger partial charge in [-0.05, 0) is 76.1 Å². The van der Waals surface area contributed by atoms with Gasteiger partial charge in [0.2, 0.25) is 5.91 Å². The van der Waals surface area contributed by atoms with E-state index in [0.717, 1.165) is 19.5 Å². The predicted octanol–water partition coefficient (Wildman–Crippen LogP) is 3.38. The van der Waals surface area contributed by atoms with Crippen molar-refractivity contribution in [2.24, 2.45) is 11.8 Å². The summed E-state index contributed by atoms with van der Waals surface area (Å²) < 4.78 is 0. The van der Waals surface area contributed by atoms with Gasteiger partial charge in [0.05, 0.1) is 0 Å². The molecule has 0 bridgehead atoms. The number of hydrogen-bond acceptors (Lipinski definition) is 2. The fourth-order valence-electron chi connectivity index (χ4n) is 3.66. The molecule has 0 aliphatic carbocycles. The second-order valence-electron chi connectivity index (χ2n) is 7.37. The lowest BCUT2D eigenvalue weighted by atomic mass is 9.84. The van der Waals surface area contributed by atoms with Crippen LogP contribution in [-0.2, 0) is 11.2 Å². The van der Waals surface area contributed by atoms with Crippen molar-refractivity contribution in [2.45, 2.75) is 59.4 Å². The molecule has 0 spiro atoms. The fourth-order valence-corrected chi connectivity index (χ4v) is 3.66. The number of aryl methyl sites for hydroxylation is 2. The summed E-state index contributed by atoms with van der Waals surface area (Å²) in [4.78, 5) is 12.3. The van der Waals surface area contributed by atoms with Crippen molar-refractivity contribution >= 4 is 5.91 Å². The largest absolute Gasteiger partial charge is 0.353 e. The molecule has 1 aliphatic heterocycles. The van der Waals surface area contributed by atoms with Gasteiger partial charge in [0.15, 0.2) is 0 Å². The lowest BCUT2D eigenvalue weighted by Gasteiger charge is -2.28. The molecule has 1 saturated heterocycles. The summed E-state index contributed by atoms with van der Waals surface area (Å²) in [6.45, 7) is 10.8. The van der Waals surface area contributed by atoms with Gasteiger partial charge in [-0.25, -0.2) is 0 Å². The van der Waals surface area contributed by atoms with Gasteiger partial charge in [0.25, 0.3) is 0 Å². The summed E-state index contributed by atoms with van der Waals surface area (Å²) in [6.07, 6.45) is 3.96. The summed E-state index contributed by atoms with van der Waals surface area (Å²) in [5, 5.41) is 6.58. The number of amides is 1. The van der Waals surface area contributed by atoms with Crippen molar-refractivity contribution in [1.29, 1.82) is 0 Å². The van der Waals surface area contributed by atoms with Crippen molar-refractivity contribution in [3.05, 3.63) is 34.9 Å². The Balaban J connectivity index is 1.79. The van der Waals surface area contributed by atoms with E-state index in [0.29, 0.717) is 18.3 Å². The molecule has 1 aliphatic rings. The molecule has 0 saturated carbocycles. The van der Waals surface area contributed by atoms with Crippen LogP contribution in [0, 0.1) is 25.7 Å². The lowest BCUT2D eigenvalue weighted by Crippen LogP contribution is -2.37. The molecule has 1 heterocycles. The second-order valence-corrected chi connectivity index (χ2v) is 7.37. The minimum Gasteiger partial charge on any atom is -0.353 e. The van der Waals surface area contributed by atoms with Crippen LogP contribution < -0.4 is 10.6 Å². The maximum Gasteiger partial charge on any atom is 0.220 e. The van der Waals surface area contributed by atoms with E-state index in [1.807, 2.05) is 0 Å². The Morgan fingerprint density at radius 3 is 2.61 bits per heavy atom. The zero-order valence-electron chi connectivity index (χ0n) is 15.1. The van der Waals surface area contributed by atoms with E-state index in [2.05, 4.69) is 56.5 Å². The quantitative estimate of drug-likeness (QED) is 0.845. The molecular formula is C20H32N2O. The number of piperidine rings is 1. The first-order valence-corrected chi connectivity index (χ1v) is 9.02. The molecule has 2 N–H and O–H groups in total. The van der Waals surface area contributed by atoms with Crippen molar-refractivity contribution in [3.8, 4) is 0 Å². The Labute approximate surface area is 141 Å². The number of rotatable bonds is 6. The van der Waals surface area contributed by atoms with E-state index >= 15 is 0 Å². The van der Waals surface area contributed by atoms with Crippen LogP contribution in [0.5, 0.6) is 0 Å². The average molecular weight is 316 g/mol. The van der Waals surface area contributed by atoms with Gasteiger partial charge in [-0.2, -0.15) is 0 Å². The van der Waals surface area contributed by atoms with Gasteiger partial charge in [0, 0.05) is 12.5 Å². The summed E-state index contributed by atoms with van der Waals surface area (Å²) in [5.41, 5.74) is 3.93. The highest BCUT2D eigenvalue weighted by atomic mass is 16.1. The maximum absolute atomic E-state index is 12.3. The maximum atomic E-state index is 12.3. The minimum absolute atomic E-state index is 0.184. The van der Waals surface area contributed by atoms with E-state index < -0.39 is 0 Å². The SMILES string of the molecule is Cc1ccc(CC(C)NC(=O)CC(C)C2CCNCC2)c(C)c1. The third-order valence-corrected chi connectivity index (χ3v) is 5.13. The van der Waals surface area contributed by atoms with E-state index in [-0.39, 0.29) is 11.9 Å². The zero-order chi connectivity index (χ0) is 16.8. The van der Waals surface area contributed by atoms with Crippen LogP contribution in [0.2, 0.25) is 0 Å². The van der Waals surface area contributed by atoms with Crippen LogP contribution in [0.4, 0.5) is 0 Å². The molecule has 1 amide bonds. The lowest BCUT2D eigenvalue weighted by molar-refractivity contribution is -0.122. The summed E-state index contributed by atoms with van der Waals surface area (Å²) in [6, 6.07) is 6.73. The molecule has 3 heteroatoms. The third-order valence-electron chi connectivity index (χ3n) is 5.13. The topological polar surface area (TPSA) is 41.1 Å². The van der Waals surface area contributed by atoms with Crippen molar-refractivity contribution in [3.63, 3.8) is 0 Å². The number of carbonyl (C=O) groups is 1. The highest BCUT2D eigenvalue weighted by molar-refractivity contribution is 5.76. The van der Waals surface area contributed by atoms with E-state index in [9.17, 15) is 4.79 Å². The highest BCUT2D eigenvalue weighted by Crippen LogP contribution is 2.24. The van der Waals surface area contributed by atoms with Gasteiger partial charge in [0.1, 0.15) is 0 Å². The van der Waals surface area contributed by atoms with Crippen LogP contribution in [0.1, 0.15) is 49.8 Å². The Hall–Kier alpha value is -1.35. The molecule has 2 atom stereocenters. The van der Waals surface area contributed by atoms with Crippen LogP contribution >= 0.6 is 0 Å². The molecule has 2 rings (SSSR count). The number of benzene rings is 1. The monoisotopic (exact) mass is 316 g/mol. The molecule has 1 aromatic carbocycles. The predicted molar refractivity (Wildman–Crippen MR) is 96.6 cm³/mol. The van der Waals surface area contributed by atoms with E-state index in [4.69, 9.17) is 0 Å². The molecule has 0 radical (unpaired) electrons. The van der Waals surface area contributed by atoms with Gasteiger partial charge >= 0.3 is 0 Å². The van der Waals surface area contributed by atoms with E-state index in [1.54, 1.807) is 0 Å². The van der Waals surface area contributed by atoms with Crippen LogP contribution in [0.3, 0.4) is 0 Å². The first-order valence-electron chi connectivity index (χ1n) is 9.02. The number of hydrogen-bond donors (Lipinski definition) is 2. The second kappa shape index (κ2) is 8.49. The Morgan fingerprint density at radius 2 is 1.96 bits per heavy atom. The van der Waals surface area contributed by atoms with Crippen LogP contribution in [0.15, 0.2) is 18.2 Å². The molecule has 23 heavy (non-hydrogen) atoms. The molecule has 2 unspecified atom stereocenters. The molecule has 0 aromatic heterocycles. The molecular weight excluding hydrogens is 284 g/mol. The Bertz CT molecular complexity index is 520. The summed E-state index contributed by atoms with van der Waals surface area (Å²) in [5.74, 6) is 1.37. The Morgan fingerprint density at radius 1 is 1.26 bits per heavy atom. The zero-order valence-corrected chi connectivity index (χ0v) is 15.1. The number of nitrogens with one attached hydrogen (secondary N) is 2. The van der Waals surface area contributed by atoms with Gasteiger partial charge in [-0.15, -0.1) is 0 Å². The van der Waals surface area contributed by atoms with Crippen LogP contribution in [0.25, 0.3) is 0 Å². The van der Waals surface area contributed by atoms with Crippen molar-refractivity contribution in [1.82, 2.24) is 10.6 Å². The number of carbonyl (C=O) groups excluding carboxylic acids is 1. The van der Waals surface area contributed by atoms with Crippen molar-refractivity contribution < 1.29 is 4.79 Å². The van der Waals surface area contributed by atoms with Gasteiger partial charge in [-0.3, -0.25) is 4.79 Å². The fraction of sp³-hybridized carbons (Fsp3) is 0.650. The smallest absolute Gasteiger partial charge is 0.220 e. The summed E-state index contributed by atoms with van der Waals surface area (Å²) >= 11 is 0. The normalized spacial score (nSPS) is 18.4. The van der Waals surface area contributed by atoms with Crippen LogP contribution in [-0.4, -0.2) is 25.0 Å².